The fourth-order valence-electron chi connectivity index (χ4n) is 5.03. The van der Waals surface area contributed by atoms with E-state index in [4.69, 9.17) is 30.3 Å². The van der Waals surface area contributed by atoms with Gasteiger partial charge in [-0.2, -0.15) is 0 Å². The fourth-order valence-corrected chi connectivity index (χ4v) is 8.21. The number of hydrogen-bond acceptors (Lipinski definition) is 9. The number of hydrogen-bond donors (Lipinski definition) is 0. The van der Waals surface area contributed by atoms with Crippen molar-refractivity contribution in [1.82, 2.24) is 4.67 Å². The Labute approximate surface area is 201 Å². The number of benzene rings is 1. The highest BCUT2D eigenvalue weighted by Gasteiger charge is 2.68. The number of nitrogens with zero attached hydrogens (tertiary/aromatic N) is 1. The van der Waals surface area contributed by atoms with Gasteiger partial charge in [-0.1, -0.05) is 12.1 Å². The molecule has 1 aromatic carbocycles. The van der Waals surface area contributed by atoms with Crippen LogP contribution in [0.5, 0.6) is 5.75 Å². The van der Waals surface area contributed by atoms with Gasteiger partial charge in [0.2, 0.25) is 0 Å². The zero-order chi connectivity index (χ0) is 24.6. The maximum atomic E-state index is 13.9. The molecule has 0 radical (unpaired) electrons. The summed E-state index contributed by atoms with van der Waals surface area (Å²) < 4.78 is 36.9. The third-order valence-electron chi connectivity index (χ3n) is 6.31. The average molecular weight is 514 g/mol. The maximum Gasteiger partial charge on any atom is 0.317 e. The Morgan fingerprint density at radius 1 is 1.24 bits per heavy atom. The molecule has 0 aromatic heterocycles. The highest BCUT2D eigenvalue weighted by atomic mass is 35.5. The topological polar surface area (TPSA) is 126 Å². The number of ether oxygens (including phenoxy) is 3. The van der Waals surface area contributed by atoms with E-state index in [-0.39, 0.29) is 31.4 Å². The van der Waals surface area contributed by atoms with E-state index < -0.39 is 60.7 Å². The summed E-state index contributed by atoms with van der Waals surface area (Å²) in [5.74, 6) is -5.41. The van der Waals surface area contributed by atoms with Crippen LogP contribution in [0.25, 0.3) is 0 Å². The molecule has 3 saturated heterocycles. The zero-order valence-corrected chi connectivity index (χ0v) is 20.3. The molecule has 1 aliphatic carbocycles. The minimum atomic E-state index is -3.78. The predicted octanol–water partition coefficient (Wildman–Crippen LogP) is 2.13. The van der Waals surface area contributed by atoms with Gasteiger partial charge in [0.15, 0.2) is 5.78 Å². The first-order chi connectivity index (χ1) is 16.2. The third-order valence-corrected chi connectivity index (χ3v) is 9.48. The number of ketones is 1. The van der Waals surface area contributed by atoms with Crippen molar-refractivity contribution >= 4 is 42.8 Å². The molecule has 184 valence electrons. The molecule has 10 nitrogen and oxygen atoms in total. The Morgan fingerprint density at radius 2 is 1.94 bits per heavy atom. The molecule has 6 atom stereocenters. The Balaban J connectivity index is 1.77. The second kappa shape index (κ2) is 9.77. The molecule has 5 rings (SSSR count). The van der Waals surface area contributed by atoms with Crippen molar-refractivity contribution in [2.75, 3.05) is 32.2 Å². The number of Topliss-reactive ketones (excluding diaryl/α,β-unsaturated/α-hetero) is 1. The summed E-state index contributed by atoms with van der Waals surface area (Å²) in [4.78, 5) is 50.8. The van der Waals surface area contributed by atoms with Crippen LogP contribution in [-0.2, 0) is 37.7 Å². The molecule has 3 heterocycles. The van der Waals surface area contributed by atoms with E-state index in [0.717, 1.165) is 0 Å². The van der Waals surface area contributed by atoms with Crippen molar-refractivity contribution in [3.05, 3.63) is 29.8 Å². The van der Waals surface area contributed by atoms with Crippen molar-refractivity contribution in [1.29, 1.82) is 0 Å². The highest BCUT2D eigenvalue weighted by Crippen LogP contribution is 2.65. The number of rotatable bonds is 7. The molecule has 3 aliphatic heterocycles. The number of halogens is 1. The zero-order valence-electron chi connectivity index (χ0n) is 18.7. The summed E-state index contributed by atoms with van der Waals surface area (Å²) in [5, 5.41) is 0. The van der Waals surface area contributed by atoms with E-state index in [1.165, 1.54) is 23.7 Å². The molecule has 0 unspecified atom stereocenters. The van der Waals surface area contributed by atoms with E-state index in [9.17, 15) is 23.7 Å². The van der Waals surface area contributed by atoms with Gasteiger partial charge < -0.3 is 18.7 Å². The molecule has 34 heavy (non-hydrogen) atoms. The van der Waals surface area contributed by atoms with Gasteiger partial charge in [-0.15, -0.1) is 11.6 Å². The highest BCUT2D eigenvalue weighted by molar-refractivity contribution is 7.58. The van der Waals surface area contributed by atoms with E-state index in [1.54, 1.807) is 19.1 Å². The molecule has 1 aromatic rings. The molecule has 4 aliphatic rings. The normalized spacial score (nSPS) is 33.0. The van der Waals surface area contributed by atoms with Crippen LogP contribution >= 0.6 is 19.1 Å². The summed E-state index contributed by atoms with van der Waals surface area (Å²) in [7, 11) is -3.78. The molecular formula is C22H25ClNO9P. The van der Waals surface area contributed by atoms with Gasteiger partial charge in [0.05, 0.1) is 13.2 Å². The van der Waals surface area contributed by atoms with Crippen LogP contribution < -0.4 is 4.74 Å². The summed E-state index contributed by atoms with van der Waals surface area (Å²) in [5.41, 5.74) is -0.817. The molecule has 0 amide bonds. The van der Waals surface area contributed by atoms with Gasteiger partial charge in [0.25, 0.3) is 7.52 Å². The number of carbonyl (C=O) groups is 4. The van der Waals surface area contributed by atoms with Crippen LogP contribution in [0.15, 0.2) is 24.3 Å². The average Bonchev–Trinajstić information content (AvgIpc) is 3.14. The standard InChI is InChI=1S/C22H25ClNO9P/c1-3-30-21(27)17-15(13-4-6-14(7-5-13)32-12(2)25)16-18(26)20(19(17)33-22(16)28)34(29)24(9-8-23)10-11-31-34/h4-7,15-17,19-20H,3,8-11H2,1-2H3/t15-,16-,17+,19-,20+,34-/m1/s1. The van der Waals surface area contributed by atoms with Crippen molar-refractivity contribution in [2.24, 2.45) is 11.8 Å². The molecule has 12 heteroatoms. The Morgan fingerprint density at radius 3 is 2.56 bits per heavy atom. The Hall–Kier alpha value is -2.26. The van der Waals surface area contributed by atoms with Crippen LogP contribution in [-0.4, -0.2) is 72.3 Å². The summed E-state index contributed by atoms with van der Waals surface area (Å²) in [6.07, 6.45) is -1.32. The lowest BCUT2D eigenvalue weighted by Gasteiger charge is -2.50. The van der Waals surface area contributed by atoms with Gasteiger partial charge in [-0.25, -0.2) is 4.67 Å². The number of alkyl halides is 1. The van der Waals surface area contributed by atoms with Crippen LogP contribution in [0, 0.1) is 11.8 Å². The van der Waals surface area contributed by atoms with Crippen LogP contribution in [0.1, 0.15) is 25.3 Å². The van der Waals surface area contributed by atoms with Crippen molar-refractivity contribution in [3.8, 4) is 5.75 Å². The maximum absolute atomic E-state index is 13.9. The summed E-state index contributed by atoms with van der Waals surface area (Å²) in [6, 6.07) is 6.19. The lowest BCUT2D eigenvalue weighted by molar-refractivity contribution is -0.187. The molecule has 4 fully saturated rings. The lowest BCUT2D eigenvalue weighted by Crippen LogP contribution is -2.64. The van der Waals surface area contributed by atoms with Gasteiger partial charge >= 0.3 is 17.9 Å². The first kappa shape index (κ1) is 24.9. The summed E-state index contributed by atoms with van der Waals surface area (Å²) >= 11 is 5.86. The summed E-state index contributed by atoms with van der Waals surface area (Å²) in [6.45, 7) is 3.64. The number of esters is 3. The first-order valence-corrected chi connectivity index (χ1v) is 13.2. The molecule has 0 N–H and O–H groups in total. The van der Waals surface area contributed by atoms with E-state index >= 15 is 0 Å². The van der Waals surface area contributed by atoms with Gasteiger partial charge in [0, 0.05) is 31.8 Å². The monoisotopic (exact) mass is 513 g/mol. The van der Waals surface area contributed by atoms with E-state index in [1.807, 2.05) is 0 Å². The second-order valence-corrected chi connectivity index (χ2v) is 11.1. The smallest absolute Gasteiger partial charge is 0.317 e. The fraction of sp³-hybridized carbons (Fsp3) is 0.545. The molecule has 0 spiro atoms. The van der Waals surface area contributed by atoms with Gasteiger partial charge in [-0.05, 0) is 24.6 Å². The van der Waals surface area contributed by atoms with Crippen molar-refractivity contribution in [2.45, 2.75) is 31.5 Å². The molecule has 1 saturated carbocycles. The lowest BCUT2D eigenvalue weighted by atomic mass is 9.64. The largest absolute Gasteiger partial charge is 0.466 e. The Bertz CT molecular complexity index is 1050. The minimum absolute atomic E-state index is 0.0733. The van der Waals surface area contributed by atoms with Crippen molar-refractivity contribution < 1.29 is 42.5 Å². The van der Waals surface area contributed by atoms with Crippen molar-refractivity contribution in [3.63, 3.8) is 0 Å². The van der Waals surface area contributed by atoms with Crippen LogP contribution in [0.3, 0.4) is 0 Å². The SMILES string of the molecule is CCOC(=O)[C@@H]1[C@H]2OC(=O)[C@@H](C(=O)[C@@H]2[P@@]2(=O)OCCN2CCCl)[C@H]1c1ccc(OC(C)=O)cc1. The number of fused-ring (bicyclic) bond motifs is 3. The van der Waals surface area contributed by atoms with Gasteiger partial charge in [0.1, 0.15) is 29.3 Å². The Kier molecular flexibility index (Phi) is 7.14. The van der Waals surface area contributed by atoms with Gasteiger partial charge in [-0.3, -0.25) is 23.7 Å². The predicted molar refractivity (Wildman–Crippen MR) is 119 cm³/mol. The van der Waals surface area contributed by atoms with E-state index in [2.05, 4.69) is 0 Å². The number of carbonyl (C=O) groups excluding carboxylic acids is 4. The van der Waals surface area contributed by atoms with Crippen LogP contribution in [0.4, 0.5) is 0 Å². The molecular weight excluding hydrogens is 489 g/mol. The quantitative estimate of drug-likeness (QED) is 0.176. The minimum Gasteiger partial charge on any atom is -0.466 e. The van der Waals surface area contributed by atoms with E-state index in [0.29, 0.717) is 12.1 Å². The second-order valence-electron chi connectivity index (χ2n) is 8.23. The molecule has 2 bridgehead atoms. The van der Waals surface area contributed by atoms with Crippen LogP contribution in [0.2, 0.25) is 0 Å². The first-order valence-electron chi connectivity index (χ1n) is 11.0. The third kappa shape index (κ3) is 4.17.